The zero-order chi connectivity index (χ0) is 6.41. The molecule has 0 rings (SSSR count). The normalized spacial score (nSPS) is 12.5. The second-order valence-electron chi connectivity index (χ2n) is 1.49. The molecule has 0 N–H and O–H groups in total. The maximum atomic E-state index is 3.63. The van der Waals surface area contributed by atoms with Crippen molar-refractivity contribution in [1.82, 2.24) is 0 Å². The molecule has 0 heteroatoms. The van der Waals surface area contributed by atoms with Gasteiger partial charge in [-0.3, -0.25) is 0 Å². The lowest BCUT2D eigenvalue weighted by atomic mass is 10.2. The Morgan fingerprint density at radius 3 is 2.12 bits per heavy atom. The monoisotopic (exact) mass is 108 g/mol. The highest BCUT2D eigenvalue weighted by molar-refractivity contribution is 5.27. The van der Waals surface area contributed by atoms with E-state index in [1.165, 1.54) is 5.57 Å². The molecule has 44 valence electrons. The van der Waals surface area contributed by atoms with Crippen molar-refractivity contribution >= 4 is 0 Å². The Kier molecular flexibility index (Phi) is 3.95. The average molecular weight is 108 g/mol. The molecule has 0 aliphatic rings. The first-order valence-electron chi connectivity index (χ1n) is 2.76. The third-order valence-electron chi connectivity index (χ3n) is 0.928. The Hall–Kier alpha value is -0.780. The van der Waals surface area contributed by atoms with Gasteiger partial charge in [0.1, 0.15) is 0 Å². The molecule has 0 aliphatic heterocycles. The second-order valence-corrected chi connectivity index (χ2v) is 1.49. The van der Waals surface area contributed by atoms with Gasteiger partial charge < -0.3 is 0 Å². The van der Waals surface area contributed by atoms with E-state index in [4.69, 9.17) is 0 Å². The number of allylic oxidation sites excluding steroid dienone is 5. The highest BCUT2D eigenvalue weighted by Gasteiger charge is 1.74. The Balaban J connectivity index is 3.91. The highest BCUT2D eigenvalue weighted by atomic mass is 13.8. The fraction of sp³-hybridized carbons (Fsp3) is 0.250. The van der Waals surface area contributed by atoms with E-state index >= 15 is 0 Å². The van der Waals surface area contributed by atoms with Crippen molar-refractivity contribution in [3.8, 4) is 0 Å². The summed E-state index contributed by atoms with van der Waals surface area (Å²) in [4.78, 5) is 0. The first-order valence-corrected chi connectivity index (χ1v) is 2.76. The first kappa shape index (κ1) is 7.22. The van der Waals surface area contributed by atoms with Crippen LogP contribution >= 0.6 is 0 Å². The molecule has 0 spiro atoms. The molecule has 0 aliphatic carbocycles. The third kappa shape index (κ3) is 2.40. The van der Waals surface area contributed by atoms with E-state index in [0.29, 0.717) is 0 Å². The predicted molar refractivity (Wildman–Crippen MR) is 38.8 cm³/mol. The van der Waals surface area contributed by atoms with Gasteiger partial charge in [0.15, 0.2) is 0 Å². The minimum absolute atomic E-state index is 1.17. The van der Waals surface area contributed by atoms with Crippen LogP contribution < -0.4 is 0 Å². The van der Waals surface area contributed by atoms with E-state index in [0.717, 1.165) is 0 Å². The zero-order valence-corrected chi connectivity index (χ0v) is 5.52. The van der Waals surface area contributed by atoms with Gasteiger partial charge in [0.05, 0.1) is 0 Å². The summed E-state index contributed by atoms with van der Waals surface area (Å²) in [7, 11) is 0. The van der Waals surface area contributed by atoms with Gasteiger partial charge in [-0.25, -0.2) is 0 Å². The standard InChI is InChI=1S/C8H12/c1-4-7-8(5-2)6-3/h4-7H,2H2,1,3H3/b7-4+,8-6+. The maximum Gasteiger partial charge on any atom is -0.0309 e. The van der Waals surface area contributed by atoms with Crippen LogP contribution in [-0.4, -0.2) is 0 Å². The van der Waals surface area contributed by atoms with Gasteiger partial charge in [0.25, 0.3) is 0 Å². The van der Waals surface area contributed by atoms with E-state index in [1.807, 2.05) is 38.2 Å². The molecular weight excluding hydrogens is 96.1 g/mol. The summed E-state index contributed by atoms with van der Waals surface area (Å²) >= 11 is 0. The zero-order valence-electron chi connectivity index (χ0n) is 5.52. The minimum Gasteiger partial charge on any atom is -0.0985 e. The second kappa shape index (κ2) is 4.38. The number of hydrogen-bond donors (Lipinski definition) is 0. The molecule has 0 saturated heterocycles. The van der Waals surface area contributed by atoms with E-state index in [1.54, 1.807) is 0 Å². The summed E-state index contributed by atoms with van der Waals surface area (Å²) < 4.78 is 0. The van der Waals surface area contributed by atoms with Crippen LogP contribution in [0, 0.1) is 0 Å². The molecule has 0 bridgehead atoms. The lowest BCUT2D eigenvalue weighted by Gasteiger charge is -1.84. The average Bonchev–Trinajstić information content (AvgIpc) is 1.83. The fourth-order valence-electron chi connectivity index (χ4n) is 0.475. The van der Waals surface area contributed by atoms with E-state index in [9.17, 15) is 0 Å². The molecule has 0 aromatic rings. The molecule has 0 atom stereocenters. The predicted octanol–water partition coefficient (Wildman–Crippen LogP) is 2.69. The molecule has 0 radical (unpaired) electrons. The molecule has 0 unspecified atom stereocenters. The molecule has 0 fully saturated rings. The van der Waals surface area contributed by atoms with Crippen LogP contribution in [0.25, 0.3) is 0 Å². The maximum absolute atomic E-state index is 3.63. The number of hydrogen-bond acceptors (Lipinski definition) is 0. The fourth-order valence-corrected chi connectivity index (χ4v) is 0.475. The van der Waals surface area contributed by atoms with Gasteiger partial charge in [0, 0.05) is 0 Å². The van der Waals surface area contributed by atoms with Crippen LogP contribution in [0.3, 0.4) is 0 Å². The lowest BCUT2D eigenvalue weighted by Crippen LogP contribution is -1.63. The van der Waals surface area contributed by atoms with Crippen molar-refractivity contribution in [3.63, 3.8) is 0 Å². The molecule has 0 nitrogen and oxygen atoms in total. The van der Waals surface area contributed by atoms with E-state index in [-0.39, 0.29) is 0 Å². The molecule has 0 amide bonds. The third-order valence-corrected chi connectivity index (χ3v) is 0.928. The minimum atomic E-state index is 1.17. The van der Waals surface area contributed by atoms with Gasteiger partial charge >= 0.3 is 0 Å². The van der Waals surface area contributed by atoms with Crippen molar-refractivity contribution in [3.05, 3.63) is 36.5 Å². The molecule has 0 aromatic heterocycles. The highest BCUT2D eigenvalue weighted by Crippen LogP contribution is 1.95. The Morgan fingerprint density at radius 1 is 1.38 bits per heavy atom. The molecule has 8 heavy (non-hydrogen) atoms. The largest absolute Gasteiger partial charge is 0.0985 e. The smallest absolute Gasteiger partial charge is 0.0309 e. The molecule has 0 aromatic carbocycles. The SMILES string of the molecule is C=CC(/C=C/C)=C\C. The van der Waals surface area contributed by atoms with Crippen molar-refractivity contribution < 1.29 is 0 Å². The van der Waals surface area contributed by atoms with Crippen LogP contribution in [0.4, 0.5) is 0 Å². The summed E-state index contributed by atoms with van der Waals surface area (Å²) in [6.45, 7) is 7.62. The summed E-state index contributed by atoms with van der Waals surface area (Å²) in [6.07, 6.45) is 7.87. The van der Waals surface area contributed by atoms with Crippen LogP contribution in [0.15, 0.2) is 36.5 Å². The van der Waals surface area contributed by atoms with Crippen molar-refractivity contribution in [2.24, 2.45) is 0 Å². The molecule has 0 saturated carbocycles. The molecule has 0 heterocycles. The van der Waals surface area contributed by atoms with Crippen LogP contribution in [0.2, 0.25) is 0 Å². The van der Waals surface area contributed by atoms with Crippen molar-refractivity contribution in [1.29, 1.82) is 0 Å². The lowest BCUT2D eigenvalue weighted by molar-refractivity contribution is 1.58. The Bertz CT molecular complexity index is 116. The molecular formula is C8H12. The van der Waals surface area contributed by atoms with Gasteiger partial charge in [-0.2, -0.15) is 0 Å². The Labute approximate surface area is 51.2 Å². The Morgan fingerprint density at radius 2 is 2.00 bits per heavy atom. The number of rotatable bonds is 2. The van der Waals surface area contributed by atoms with Crippen LogP contribution in [-0.2, 0) is 0 Å². The topological polar surface area (TPSA) is 0 Å². The van der Waals surface area contributed by atoms with E-state index < -0.39 is 0 Å². The summed E-state index contributed by atoms with van der Waals surface area (Å²) in [5.41, 5.74) is 1.17. The van der Waals surface area contributed by atoms with Crippen molar-refractivity contribution in [2.45, 2.75) is 13.8 Å². The van der Waals surface area contributed by atoms with Gasteiger partial charge in [-0.05, 0) is 19.4 Å². The van der Waals surface area contributed by atoms with Gasteiger partial charge in [-0.15, -0.1) is 0 Å². The van der Waals surface area contributed by atoms with Crippen LogP contribution in [0.1, 0.15) is 13.8 Å². The quantitative estimate of drug-likeness (QED) is 0.477. The summed E-state index contributed by atoms with van der Waals surface area (Å²) in [5, 5.41) is 0. The summed E-state index contributed by atoms with van der Waals surface area (Å²) in [5.74, 6) is 0. The summed E-state index contributed by atoms with van der Waals surface area (Å²) in [6, 6.07) is 0. The van der Waals surface area contributed by atoms with Crippen molar-refractivity contribution in [2.75, 3.05) is 0 Å². The van der Waals surface area contributed by atoms with Crippen LogP contribution in [0.5, 0.6) is 0 Å². The van der Waals surface area contributed by atoms with Gasteiger partial charge in [0.2, 0.25) is 0 Å². The van der Waals surface area contributed by atoms with Gasteiger partial charge in [-0.1, -0.05) is 30.9 Å². The van der Waals surface area contributed by atoms with E-state index in [2.05, 4.69) is 6.58 Å². The first-order chi connectivity index (χ1) is 3.85.